The van der Waals surface area contributed by atoms with Gasteiger partial charge < -0.3 is 9.47 Å². The van der Waals surface area contributed by atoms with Crippen molar-refractivity contribution in [3.8, 4) is 5.75 Å². The van der Waals surface area contributed by atoms with Crippen LogP contribution in [0.4, 0.5) is 0 Å². The maximum absolute atomic E-state index is 12.0. The van der Waals surface area contributed by atoms with E-state index in [1.54, 1.807) is 30.3 Å². The van der Waals surface area contributed by atoms with Crippen molar-refractivity contribution in [2.24, 2.45) is 4.99 Å². The van der Waals surface area contributed by atoms with E-state index in [-0.39, 0.29) is 11.7 Å². The summed E-state index contributed by atoms with van der Waals surface area (Å²) in [6.45, 7) is 1.34. The molecule has 0 spiro atoms. The van der Waals surface area contributed by atoms with E-state index >= 15 is 0 Å². The summed E-state index contributed by atoms with van der Waals surface area (Å²) in [5.74, 6) is -0.138. The summed E-state index contributed by atoms with van der Waals surface area (Å²) in [7, 11) is 0. The van der Waals surface area contributed by atoms with E-state index in [0.717, 1.165) is 14.7 Å². The van der Waals surface area contributed by atoms with Crippen LogP contribution in [0.3, 0.4) is 0 Å². The van der Waals surface area contributed by atoms with E-state index < -0.39 is 5.97 Å². The number of carbonyl (C=O) groups excluding carboxylic acids is 2. The van der Waals surface area contributed by atoms with Crippen LogP contribution in [0, 0.1) is 3.57 Å². The second-order valence-electron chi connectivity index (χ2n) is 5.01. The highest BCUT2D eigenvalue weighted by Crippen LogP contribution is 2.21. The van der Waals surface area contributed by atoms with Crippen molar-refractivity contribution in [2.75, 3.05) is 0 Å². The summed E-state index contributed by atoms with van der Waals surface area (Å²) < 4.78 is 11.3. The molecule has 1 aliphatic heterocycles. The minimum absolute atomic E-state index is 0.226. The molecule has 0 N–H and O–H groups in total. The summed E-state index contributed by atoms with van der Waals surface area (Å²) in [5, 5.41) is 0. The van der Waals surface area contributed by atoms with Crippen LogP contribution in [0.15, 0.2) is 59.2 Å². The molecule has 0 saturated heterocycles. The summed E-state index contributed by atoms with van der Waals surface area (Å²) in [6, 6.07) is 14.3. The third-order valence-corrected chi connectivity index (χ3v) is 3.88. The summed E-state index contributed by atoms with van der Waals surface area (Å²) in [5.41, 5.74) is 1.73. The highest BCUT2D eigenvalue weighted by Gasteiger charge is 2.24. The van der Waals surface area contributed by atoms with Gasteiger partial charge in [0.2, 0.25) is 5.90 Å². The van der Waals surface area contributed by atoms with Gasteiger partial charge in [-0.25, -0.2) is 9.79 Å². The van der Waals surface area contributed by atoms with Gasteiger partial charge in [-0.3, -0.25) is 4.79 Å². The number of carbonyl (C=O) groups is 2. The molecule has 0 radical (unpaired) electrons. The Morgan fingerprint density at radius 2 is 1.79 bits per heavy atom. The monoisotopic (exact) mass is 433 g/mol. The van der Waals surface area contributed by atoms with Crippen molar-refractivity contribution < 1.29 is 19.1 Å². The number of ether oxygens (including phenoxy) is 2. The Bertz CT molecular complexity index is 852. The molecular weight excluding hydrogens is 421 g/mol. The van der Waals surface area contributed by atoms with Gasteiger partial charge in [0, 0.05) is 16.1 Å². The fraction of sp³-hybridized carbons (Fsp3) is 0.0556. The van der Waals surface area contributed by atoms with Crippen molar-refractivity contribution >= 4 is 46.5 Å². The van der Waals surface area contributed by atoms with Crippen LogP contribution in [-0.2, 0) is 14.3 Å². The molecule has 0 amide bonds. The zero-order chi connectivity index (χ0) is 17.1. The highest BCUT2D eigenvalue weighted by atomic mass is 127. The first kappa shape index (κ1) is 16.4. The topological polar surface area (TPSA) is 65.0 Å². The highest BCUT2D eigenvalue weighted by molar-refractivity contribution is 14.1. The van der Waals surface area contributed by atoms with E-state index in [4.69, 9.17) is 9.47 Å². The van der Waals surface area contributed by atoms with E-state index in [2.05, 4.69) is 27.6 Å². The van der Waals surface area contributed by atoms with Crippen LogP contribution in [0.2, 0.25) is 0 Å². The number of hydrogen-bond acceptors (Lipinski definition) is 5. The van der Waals surface area contributed by atoms with E-state index in [1.807, 2.05) is 24.3 Å². The smallest absolute Gasteiger partial charge is 0.363 e. The molecule has 2 aromatic rings. The first-order valence-electron chi connectivity index (χ1n) is 7.08. The van der Waals surface area contributed by atoms with Gasteiger partial charge in [0.15, 0.2) is 5.70 Å². The normalized spacial score (nSPS) is 15.2. The molecule has 0 saturated carbocycles. The first-order valence-corrected chi connectivity index (χ1v) is 8.16. The third-order valence-electron chi connectivity index (χ3n) is 3.16. The average Bonchev–Trinajstić information content (AvgIpc) is 2.90. The van der Waals surface area contributed by atoms with Gasteiger partial charge in [-0.15, -0.1) is 0 Å². The van der Waals surface area contributed by atoms with Crippen molar-refractivity contribution in [2.45, 2.75) is 6.92 Å². The van der Waals surface area contributed by atoms with Gasteiger partial charge in [0.25, 0.3) is 0 Å². The lowest BCUT2D eigenvalue weighted by Crippen LogP contribution is -2.05. The first-order chi connectivity index (χ1) is 11.5. The maximum Gasteiger partial charge on any atom is 0.363 e. The average molecular weight is 433 g/mol. The number of benzene rings is 2. The largest absolute Gasteiger partial charge is 0.427 e. The molecule has 2 aromatic carbocycles. The molecule has 3 rings (SSSR count). The molecule has 0 aromatic heterocycles. The van der Waals surface area contributed by atoms with E-state index in [0.29, 0.717) is 11.6 Å². The Morgan fingerprint density at radius 1 is 1.12 bits per heavy atom. The third kappa shape index (κ3) is 3.88. The lowest BCUT2D eigenvalue weighted by atomic mass is 10.2. The van der Waals surface area contributed by atoms with Crippen LogP contribution >= 0.6 is 22.6 Å². The standard InChI is InChI=1S/C18H12INO4/c1-11(21)23-15-8-2-12(3-9-15)10-16-18(22)24-17(20-16)13-4-6-14(19)7-5-13/h2-10H,1H3/b16-10-. The van der Waals surface area contributed by atoms with Crippen LogP contribution < -0.4 is 4.74 Å². The van der Waals surface area contributed by atoms with Gasteiger partial charge in [0.1, 0.15) is 5.75 Å². The van der Waals surface area contributed by atoms with E-state index in [9.17, 15) is 9.59 Å². The number of hydrogen-bond donors (Lipinski definition) is 0. The van der Waals surface area contributed by atoms with Crippen LogP contribution in [-0.4, -0.2) is 17.8 Å². The maximum atomic E-state index is 12.0. The van der Waals surface area contributed by atoms with Gasteiger partial charge >= 0.3 is 11.9 Å². The molecule has 120 valence electrons. The van der Waals surface area contributed by atoms with Crippen LogP contribution in [0.1, 0.15) is 18.1 Å². The number of rotatable bonds is 3. The molecule has 1 aliphatic rings. The minimum atomic E-state index is -0.493. The van der Waals surface area contributed by atoms with Gasteiger partial charge in [-0.05, 0) is 70.6 Å². The zero-order valence-electron chi connectivity index (χ0n) is 12.7. The quantitative estimate of drug-likeness (QED) is 0.322. The molecule has 5 nitrogen and oxygen atoms in total. The SMILES string of the molecule is CC(=O)Oc1ccc(/C=C2\N=C(c3ccc(I)cc3)OC2=O)cc1. The number of halogens is 1. The molecule has 0 aliphatic carbocycles. The summed E-state index contributed by atoms with van der Waals surface area (Å²) in [6.07, 6.45) is 1.62. The van der Waals surface area contributed by atoms with Crippen molar-refractivity contribution in [3.05, 3.63) is 68.9 Å². The summed E-state index contributed by atoms with van der Waals surface area (Å²) >= 11 is 2.20. The molecule has 0 fully saturated rings. The van der Waals surface area contributed by atoms with Crippen molar-refractivity contribution in [3.63, 3.8) is 0 Å². The molecule has 24 heavy (non-hydrogen) atoms. The molecule has 0 unspecified atom stereocenters. The number of nitrogens with zero attached hydrogens (tertiary/aromatic N) is 1. The number of esters is 2. The van der Waals surface area contributed by atoms with Crippen LogP contribution in [0.25, 0.3) is 6.08 Å². The predicted molar refractivity (Wildman–Crippen MR) is 97.5 cm³/mol. The second kappa shape index (κ2) is 6.96. The Morgan fingerprint density at radius 3 is 2.42 bits per heavy atom. The predicted octanol–water partition coefficient (Wildman–Crippen LogP) is 3.56. The Labute approximate surface area is 152 Å². The fourth-order valence-electron chi connectivity index (χ4n) is 2.08. The Hall–Kier alpha value is -2.48. The second-order valence-corrected chi connectivity index (χ2v) is 6.25. The van der Waals surface area contributed by atoms with Gasteiger partial charge in [0.05, 0.1) is 0 Å². The molecule has 0 atom stereocenters. The van der Waals surface area contributed by atoms with Gasteiger partial charge in [-0.1, -0.05) is 12.1 Å². The number of aliphatic imine (C=N–C) groups is 1. The van der Waals surface area contributed by atoms with Crippen molar-refractivity contribution in [1.82, 2.24) is 0 Å². The molecule has 1 heterocycles. The number of cyclic esters (lactones) is 1. The lowest BCUT2D eigenvalue weighted by Gasteiger charge is -2.00. The lowest BCUT2D eigenvalue weighted by molar-refractivity contribution is -0.132. The van der Waals surface area contributed by atoms with E-state index in [1.165, 1.54) is 6.92 Å². The Kier molecular flexibility index (Phi) is 4.75. The summed E-state index contributed by atoms with van der Waals surface area (Å²) in [4.78, 5) is 27.1. The zero-order valence-corrected chi connectivity index (χ0v) is 14.8. The van der Waals surface area contributed by atoms with Crippen molar-refractivity contribution in [1.29, 1.82) is 0 Å². The molecule has 6 heteroatoms. The minimum Gasteiger partial charge on any atom is -0.427 e. The molecular formula is C18H12INO4. The van der Waals surface area contributed by atoms with Crippen LogP contribution in [0.5, 0.6) is 5.75 Å². The fourth-order valence-corrected chi connectivity index (χ4v) is 2.44. The Balaban J connectivity index is 1.83. The van der Waals surface area contributed by atoms with Gasteiger partial charge in [-0.2, -0.15) is 0 Å². The molecule has 0 bridgehead atoms.